The molecule has 0 radical (unpaired) electrons. The standard InChI is InChI=1S/C19H29N7O3/c1-5-20-17(21-11-15-23-16(25-24-15)14-7-6-10-28-14)26-9-8-13(12-26)22-18(27)29-19(2,3)4/h6-7,10,13H,5,8-9,11-12H2,1-4H3,(H,20,21)(H,22,27)(H,23,24,25). The molecule has 10 heteroatoms. The second-order valence-electron chi connectivity index (χ2n) is 7.83. The van der Waals surface area contributed by atoms with Crippen LogP contribution in [0.5, 0.6) is 0 Å². The third kappa shape index (κ3) is 5.97. The van der Waals surface area contributed by atoms with Gasteiger partial charge < -0.3 is 24.7 Å². The van der Waals surface area contributed by atoms with Crippen molar-refractivity contribution < 1.29 is 13.9 Å². The molecule has 3 rings (SSSR count). The van der Waals surface area contributed by atoms with E-state index in [1.54, 1.807) is 12.3 Å². The van der Waals surface area contributed by atoms with Crippen LogP contribution in [0.3, 0.4) is 0 Å². The summed E-state index contributed by atoms with van der Waals surface area (Å²) >= 11 is 0. The van der Waals surface area contributed by atoms with Crippen molar-refractivity contribution in [3.63, 3.8) is 0 Å². The summed E-state index contributed by atoms with van der Waals surface area (Å²) in [5, 5.41) is 13.3. The van der Waals surface area contributed by atoms with Crippen molar-refractivity contribution in [3.8, 4) is 11.6 Å². The van der Waals surface area contributed by atoms with Crippen molar-refractivity contribution >= 4 is 12.1 Å². The van der Waals surface area contributed by atoms with E-state index in [0.29, 0.717) is 30.5 Å². The number of aromatic amines is 1. The molecule has 2 aromatic rings. The van der Waals surface area contributed by atoms with E-state index in [-0.39, 0.29) is 6.04 Å². The Balaban J connectivity index is 1.57. The zero-order valence-electron chi connectivity index (χ0n) is 17.4. The molecule has 10 nitrogen and oxygen atoms in total. The minimum Gasteiger partial charge on any atom is -0.461 e. The Morgan fingerprint density at radius 2 is 2.31 bits per heavy atom. The largest absolute Gasteiger partial charge is 0.461 e. The first kappa shape index (κ1) is 20.7. The number of hydrogen-bond donors (Lipinski definition) is 3. The Bertz CT molecular complexity index is 823. The number of carbonyl (C=O) groups excluding carboxylic acids is 1. The maximum absolute atomic E-state index is 12.0. The Morgan fingerprint density at radius 1 is 1.48 bits per heavy atom. The van der Waals surface area contributed by atoms with Crippen LogP contribution in [-0.2, 0) is 11.3 Å². The fraction of sp³-hybridized carbons (Fsp3) is 0.579. The van der Waals surface area contributed by atoms with Crippen LogP contribution >= 0.6 is 0 Å². The Morgan fingerprint density at radius 3 is 3.00 bits per heavy atom. The molecule has 29 heavy (non-hydrogen) atoms. The summed E-state index contributed by atoms with van der Waals surface area (Å²) in [4.78, 5) is 23.2. The number of carbonyl (C=O) groups is 1. The summed E-state index contributed by atoms with van der Waals surface area (Å²) in [7, 11) is 0. The molecule has 0 aliphatic carbocycles. The van der Waals surface area contributed by atoms with Crippen LogP contribution in [0.25, 0.3) is 11.6 Å². The van der Waals surface area contributed by atoms with Crippen LogP contribution in [0, 0.1) is 0 Å². The van der Waals surface area contributed by atoms with E-state index in [2.05, 4.69) is 35.7 Å². The number of nitrogens with zero attached hydrogens (tertiary/aromatic N) is 4. The van der Waals surface area contributed by atoms with Gasteiger partial charge in [-0.25, -0.2) is 14.8 Å². The molecule has 1 saturated heterocycles. The first-order chi connectivity index (χ1) is 13.8. The Kier molecular flexibility index (Phi) is 6.40. The molecule has 0 aromatic carbocycles. The van der Waals surface area contributed by atoms with E-state index in [9.17, 15) is 4.79 Å². The molecular formula is C19H29N7O3. The van der Waals surface area contributed by atoms with Crippen LogP contribution in [0.4, 0.5) is 4.79 Å². The quantitative estimate of drug-likeness (QED) is 0.516. The van der Waals surface area contributed by atoms with Gasteiger partial charge in [-0.3, -0.25) is 5.10 Å². The minimum atomic E-state index is -0.510. The fourth-order valence-corrected chi connectivity index (χ4v) is 3.00. The number of furan rings is 1. The normalized spacial score (nSPS) is 17.4. The van der Waals surface area contributed by atoms with E-state index in [1.807, 2.05) is 33.8 Å². The lowest BCUT2D eigenvalue weighted by atomic mass is 10.2. The van der Waals surface area contributed by atoms with Crippen LogP contribution < -0.4 is 10.6 Å². The lowest BCUT2D eigenvalue weighted by Gasteiger charge is -2.23. The van der Waals surface area contributed by atoms with E-state index >= 15 is 0 Å². The molecule has 1 unspecified atom stereocenters. The van der Waals surface area contributed by atoms with Crippen LogP contribution in [0.1, 0.15) is 39.9 Å². The number of aliphatic imine (C=N–C) groups is 1. The van der Waals surface area contributed by atoms with E-state index in [1.165, 1.54) is 0 Å². The summed E-state index contributed by atoms with van der Waals surface area (Å²) in [6.45, 7) is 10.1. The van der Waals surface area contributed by atoms with Crippen molar-refractivity contribution in [1.29, 1.82) is 0 Å². The number of alkyl carbamates (subject to hydrolysis) is 1. The van der Waals surface area contributed by atoms with Gasteiger partial charge in [-0.1, -0.05) is 0 Å². The first-order valence-electron chi connectivity index (χ1n) is 9.82. The van der Waals surface area contributed by atoms with Gasteiger partial charge in [-0.2, -0.15) is 0 Å². The predicted octanol–water partition coefficient (Wildman–Crippen LogP) is 2.13. The lowest BCUT2D eigenvalue weighted by molar-refractivity contribution is 0.0507. The molecule has 1 aliphatic heterocycles. The maximum atomic E-state index is 12.0. The van der Waals surface area contributed by atoms with Gasteiger partial charge in [0.25, 0.3) is 0 Å². The highest BCUT2D eigenvalue weighted by molar-refractivity contribution is 5.80. The molecule has 2 aromatic heterocycles. The van der Waals surface area contributed by atoms with Crippen molar-refractivity contribution in [1.82, 2.24) is 30.7 Å². The zero-order valence-corrected chi connectivity index (χ0v) is 17.4. The molecule has 158 valence electrons. The summed E-state index contributed by atoms with van der Waals surface area (Å²) in [6.07, 6.45) is 2.02. The number of ether oxygens (including phenoxy) is 1. The lowest BCUT2D eigenvalue weighted by Crippen LogP contribution is -2.44. The highest BCUT2D eigenvalue weighted by Gasteiger charge is 2.27. The molecule has 3 N–H and O–H groups in total. The number of H-pyrrole nitrogens is 1. The third-order valence-corrected chi connectivity index (χ3v) is 4.20. The van der Waals surface area contributed by atoms with Crippen LogP contribution in [0.15, 0.2) is 27.8 Å². The maximum Gasteiger partial charge on any atom is 0.407 e. The van der Waals surface area contributed by atoms with Crippen molar-refractivity contribution in [3.05, 3.63) is 24.2 Å². The zero-order chi connectivity index (χ0) is 20.9. The molecule has 3 heterocycles. The Labute approximate surface area is 170 Å². The number of amides is 1. The number of hydrogen-bond acceptors (Lipinski definition) is 6. The van der Waals surface area contributed by atoms with Gasteiger partial charge in [-0.15, -0.1) is 5.10 Å². The summed E-state index contributed by atoms with van der Waals surface area (Å²) < 4.78 is 10.6. The van der Waals surface area contributed by atoms with Gasteiger partial charge >= 0.3 is 6.09 Å². The van der Waals surface area contributed by atoms with Crippen molar-refractivity contribution in [2.75, 3.05) is 19.6 Å². The van der Waals surface area contributed by atoms with E-state index in [4.69, 9.17) is 9.15 Å². The fourth-order valence-electron chi connectivity index (χ4n) is 3.00. The average Bonchev–Trinajstić information content (AvgIpc) is 3.37. The van der Waals surface area contributed by atoms with Crippen molar-refractivity contribution in [2.45, 2.75) is 52.3 Å². The molecule has 1 aliphatic rings. The number of aromatic nitrogens is 3. The first-order valence-corrected chi connectivity index (χ1v) is 9.82. The molecule has 1 amide bonds. The third-order valence-electron chi connectivity index (χ3n) is 4.20. The second-order valence-corrected chi connectivity index (χ2v) is 7.83. The van der Waals surface area contributed by atoms with Crippen LogP contribution in [-0.4, -0.2) is 63.4 Å². The SMILES string of the molecule is CCNC(=NCc1nc(-c2ccco2)n[nH]1)N1CCC(NC(=O)OC(C)(C)C)C1. The predicted molar refractivity (Wildman–Crippen MR) is 108 cm³/mol. The second kappa shape index (κ2) is 8.97. The molecule has 0 spiro atoms. The number of nitrogens with one attached hydrogen (secondary N) is 3. The highest BCUT2D eigenvalue weighted by Crippen LogP contribution is 2.15. The van der Waals surface area contributed by atoms with Gasteiger partial charge in [0.1, 0.15) is 18.0 Å². The molecule has 1 atom stereocenters. The number of guanidine groups is 1. The molecule has 0 bridgehead atoms. The van der Waals surface area contributed by atoms with Gasteiger partial charge in [0.2, 0.25) is 5.82 Å². The Hall–Kier alpha value is -3.04. The summed E-state index contributed by atoms with van der Waals surface area (Å²) in [5.74, 6) is 2.54. The van der Waals surface area contributed by atoms with Gasteiger partial charge in [0.05, 0.1) is 12.3 Å². The van der Waals surface area contributed by atoms with Gasteiger partial charge in [0.15, 0.2) is 11.7 Å². The van der Waals surface area contributed by atoms with E-state index in [0.717, 1.165) is 25.5 Å². The van der Waals surface area contributed by atoms with Crippen molar-refractivity contribution in [2.24, 2.45) is 4.99 Å². The minimum absolute atomic E-state index is 0.0181. The summed E-state index contributed by atoms with van der Waals surface area (Å²) in [6, 6.07) is 3.62. The van der Waals surface area contributed by atoms with E-state index < -0.39 is 11.7 Å². The highest BCUT2D eigenvalue weighted by atomic mass is 16.6. The molecule has 0 saturated carbocycles. The average molecular weight is 403 g/mol. The smallest absolute Gasteiger partial charge is 0.407 e. The molecule has 1 fully saturated rings. The monoisotopic (exact) mass is 403 g/mol. The summed E-state index contributed by atoms with van der Waals surface area (Å²) in [5.41, 5.74) is -0.510. The van der Waals surface area contributed by atoms with Gasteiger partial charge in [0, 0.05) is 19.6 Å². The number of likely N-dealkylation sites (tertiary alicyclic amines) is 1. The number of rotatable bonds is 5. The van der Waals surface area contributed by atoms with Gasteiger partial charge in [-0.05, 0) is 46.2 Å². The molecular weight excluding hydrogens is 374 g/mol. The topological polar surface area (TPSA) is 121 Å². The van der Waals surface area contributed by atoms with Crippen LogP contribution in [0.2, 0.25) is 0 Å².